The van der Waals surface area contributed by atoms with Crippen LogP contribution in [-0.2, 0) is 4.74 Å². The van der Waals surface area contributed by atoms with Gasteiger partial charge in [0.2, 0.25) is 0 Å². The van der Waals surface area contributed by atoms with Crippen molar-refractivity contribution in [2.24, 2.45) is 5.92 Å². The molecule has 1 aromatic heterocycles. The topological polar surface area (TPSA) is 85.2 Å². The van der Waals surface area contributed by atoms with Gasteiger partial charge in [-0.25, -0.2) is 14.3 Å². The van der Waals surface area contributed by atoms with E-state index >= 15 is 0 Å². The molecule has 0 spiro atoms. The highest BCUT2D eigenvalue weighted by Gasteiger charge is 2.11. The lowest BCUT2D eigenvalue weighted by Crippen LogP contribution is -2.30. The van der Waals surface area contributed by atoms with Crippen LogP contribution in [0, 0.1) is 5.92 Å². The summed E-state index contributed by atoms with van der Waals surface area (Å²) in [5, 5.41) is 9.82. The zero-order valence-corrected chi connectivity index (χ0v) is 14.8. The average Bonchev–Trinajstić information content (AvgIpc) is 3.05. The van der Waals surface area contributed by atoms with Gasteiger partial charge >= 0.3 is 12.0 Å². The number of rotatable bonds is 7. The first-order valence-electron chi connectivity index (χ1n) is 8.37. The molecule has 1 heterocycles. The molecule has 7 heteroatoms. The second-order valence-corrected chi connectivity index (χ2v) is 5.98. The molecule has 2 amide bonds. The lowest BCUT2D eigenvalue weighted by atomic mass is 10.1. The number of nitrogens with one attached hydrogen (secondary N) is 2. The number of ether oxygens (including phenoxy) is 1. The van der Waals surface area contributed by atoms with Crippen LogP contribution in [0.5, 0.6) is 0 Å². The molecule has 0 aliphatic carbocycles. The first kappa shape index (κ1) is 18.5. The van der Waals surface area contributed by atoms with Crippen molar-refractivity contribution >= 4 is 17.7 Å². The standard InChI is InChI=1S/C18H24N4O3/c1-4-25-17(23)16-9-11-22(21-16)15-7-5-6-14(12-15)20-18(24)19-10-8-13(2)3/h5-7,9,11-13H,4,8,10H2,1-3H3,(H2,19,20,24). The number of carbonyl (C=O) groups is 2. The minimum absolute atomic E-state index is 0.242. The van der Waals surface area contributed by atoms with Crippen molar-refractivity contribution in [3.05, 3.63) is 42.2 Å². The molecule has 0 saturated carbocycles. The van der Waals surface area contributed by atoms with Crippen LogP contribution in [-0.4, -0.2) is 34.9 Å². The van der Waals surface area contributed by atoms with Crippen molar-refractivity contribution in [1.29, 1.82) is 0 Å². The lowest BCUT2D eigenvalue weighted by Gasteiger charge is -2.10. The van der Waals surface area contributed by atoms with E-state index in [1.807, 2.05) is 12.1 Å². The fourth-order valence-electron chi connectivity index (χ4n) is 2.16. The minimum Gasteiger partial charge on any atom is -0.461 e. The van der Waals surface area contributed by atoms with Gasteiger partial charge in [-0.2, -0.15) is 5.10 Å². The molecule has 0 bridgehead atoms. The Morgan fingerprint density at radius 3 is 2.80 bits per heavy atom. The molecule has 2 rings (SSSR count). The number of hydrogen-bond acceptors (Lipinski definition) is 4. The quantitative estimate of drug-likeness (QED) is 0.755. The number of aromatic nitrogens is 2. The van der Waals surface area contributed by atoms with E-state index in [-0.39, 0.29) is 11.7 Å². The fraction of sp³-hybridized carbons (Fsp3) is 0.389. The zero-order valence-electron chi connectivity index (χ0n) is 14.8. The third-order valence-electron chi connectivity index (χ3n) is 3.45. The SMILES string of the molecule is CCOC(=O)c1ccn(-c2cccc(NC(=O)NCCC(C)C)c2)n1. The Morgan fingerprint density at radius 1 is 1.28 bits per heavy atom. The first-order chi connectivity index (χ1) is 12.0. The average molecular weight is 344 g/mol. The number of esters is 1. The van der Waals surface area contributed by atoms with Crippen molar-refractivity contribution in [3.8, 4) is 5.69 Å². The normalized spacial score (nSPS) is 10.6. The van der Waals surface area contributed by atoms with Gasteiger partial charge in [0.05, 0.1) is 12.3 Å². The third-order valence-corrected chi connectivity index (χ3v) is 3.45. The van der Waals surface area contributed by atoms with Crippen LogP contribution in [0.2, 0.25) is 0 Å². The van der Waals surface area contributed by atoms with Crippen LogP contribution in [0.25, 0.3) is 5.69 Å². The van der Waals surface area contributed by atoms with Gasteiger partial charge in [0.15, 0.2) is 5.69 Å². The number of benzene rings is 1. The molecule has 0 unspecified atom stereocenters. The minimum atomic E-state index is -0.458. The Hall–Kier alpha value is -2.83. The maximum absolute atomic E-state index is 11.9. The van der Waals surface area contributed by atoms with Crippen LogP contribution in [0.1, 0.15) is 37.7 Å². The molecule has 2 aromatic rings. The molecule has 0 radical (unpaired) electrons. The van der Waals surface area contributed by atoms with E-state index in [0.29, 0.717) is 24.8 Å². The Morgan fingerprint density at radius 2 is 2.08 bits per heavy atom. The van der Waals surface area contributed by atoms with Gasteiger partial charge in [-0.1, -0.05) is 19.9 Å². The lowest BCUT2D eigenvalue weighted by molar-refractivity contribution is 0.0519. The van der Waals surface area contributed by atoms with E-state index in [1.54, 1.807) is 36.0 Å². The van der Waals surface area contributed by atoms with E-state index in [2.05, 4.69) is 29.6 Å². The van der Waals surface area contributed by atoms with Gasteiger partial charge in [-0.15, -0.1) is 0 Å². The van der Waals surface area contributed by atoms with Gasteiger partial charge in [-0.3, -0.25) is 0 Å². The molecular formula is C18H24N4O3. The van der Waals surface area contributed by atoms with Crippen molar-refractivity contribution in [1.82, 2.24) is 15.1 Å². The van der Waals surface area contributed by atoms with Crippen molar-refractivity contribution in [3.63, 3.8) is 0 Å². The van der Waals surface area contributed by atoms with Crippen LogP contribution in [0.3, 0.4) is 0 Å². The Balaban J connectivity index is 2.01. The molecule has 1 aromatic carbocycles. The van der Waals surface area contributed by atoms with Crippen LogP contribution >= 0.6 is 0 Å². The molecular weight excluding hydrogens is 320 g/mol. The second-order valence-electron chi connectivity index (χ2n) is 5.98. The van der Waals surface area contributed by atoms with Crippen molar-refractivity contribution in [2.75, 3.05) is 18.5 Å². The molecule has 134 valence electrons. The number of hydrogen-bond donors (Lipinski definition) is 2. The predicted octanol–water partition coefficient (Wildman–Crippen LogP) is 3.22. The summed E-state index contributed by atoms with van der Waals surface area (Å²) >= 11 is 0. The van der Waals surface area contributed by atoms with Crippen LogP contribution in [0.15, 0.2) is 36.5 Å². The van der Waals surface area contributed by atoms with Gasteiger partial charge in [-0.05, 0) is 43.5 Å². The van der Waals surface area contributed by atoms with E-state index in [0.717, 1.165) is 12.1 Å². The number of amides is 2. The molecule has 0 aliphatic heterocycles. The second kappa shape index (κ2) is 8.86. The monoisotopic (exact) mass is 344 g/mol. The number of anilines is 1. The van der Waals surface area contributed by atoms with E-state index in [9.17, 15) is 9.59 Å². The Kier molecular flexibility index (Phi) is 6.56. The molecule has 7 nitrogen and oxygen atoms in total. The molecule has 25 heavy (non-hydrogen) atoms. The Bertz CT molecular complexity index is 725. The highest BCUT2D eigenvalue weighted by atomic mass is 16.5. The molecule has 0 fully saturated rings. The van der Waals surface area contributed by atoms with E-state index < -0.39 is 5.97 Å². The van der Waals surface area contributed by atoms with Gasteiger partial charge in [0.1, 0.15) is 0 Å². The first-order valence-corrected chi connectivity index (χ1v) is 8.37. The fourth-order valence-corrected chi connectivity index (χ4v) is 2.16. The summed E-state index contributed by atoms with van der Waals surface area (Å²) in [6.45, 7) is 6.90. The summed E-state index contributed by atoms with van der Waals surface area (Å²) in [5.41, 5.74) is 1.62. The largest absolute Gasteiger partial charge is 0.461 e. The maximum atomic E-state index is 11.9. The number of urea groups is 1. The number of carbonyl (C=O) groups excluding carboxylic acids is 2. The van der Waals surface area contributed by atoms with Crippen molar-refractivity contribution in [2.45, 2.75) is 27.2 Å². The van der Waals surface area contributed by atoms with E-state index in [4.69, 9.17) is 4.74 Å². The molecule has 0 aliphatic rings. The summed E-state index contributed by atoms with van der Waals surface area (Å²) in [5.74, 6) is 0.0806. The molecule has 0 atom stereocenters. The van der Waals surface area contributed by atoms with E-state index in [1.165, 1.54) is 0 Å². The van der Waals surface area contributed by atoms with Gasteiger partial charge in [0.25, 0.3) is 0 Å². The van der Waals surface area contributed by atoms with Gasteiger partial charge < -0.3 is 15.4 Å². The third kappa shape index (κ3) is 5.63. The number of nitrogens with zero attached hydrogens (tertiary/aromatic N) is 2. The van der Waals surface area contributed by atoms with Crippen LogP contribution in [0.4, 0.5) is 10.5 Å². The smallest absolute Gasteiger partial charge is 0.358 e. The highest BCUT2D eigenvalue weighted by Crippen LogP contribution is 2.15. The summed E-state index contributed by atoms with van der Waals surface area (Å²) < 4.78 is 6.49. The van der Waals surface area contributed by atoms with Crippen LogP contribution < -0.4 is 10.6 Å². The van der Waals surface area contributed by atoms with Crippen molar-refractivity contribution < 1.29 is 14.3 Å². The maximum Gasteiger partial charge on any atom is 0.358 e. The Labute approximate surface area is 147 Å². The summed E-state index contributed by atoms with van der Waals surface area (Å²) in [4.78, 5) is 23.6. The summed E-state index contributed by atoms with van der Waals surface area (Å²) in [7, 11) is 0. The molecule has 2 N–H and O–H groups in total. The highest BCUT2D eigenvalue weighted by molar-refractivity contribution is 5.89. The summed E-state index contributed by atoms with van der Waals surface area (Å²) in [6.07, 6.45) is 2.60. The van der Waals surface area contributed by atoms with Gasteiger partial charge in [0, 0.05) is 18.4 Å². The molecule has 0 saturated heterocycles. The summed E-state index contributed by atoms with van der Waals surface area (Å²) in [6, 6.07) is 8.57. The zero-order chi connectivity index (χ0) is 18.2. The predicted molar refractivity (Wildman–Crippen MR) is 96.0 cm³/mol.